The Morgan fingerprint density at radius 2 is 1.48 bits per heavy atom. The van der Waals surface area contributed by atoms with Crippen molar-refractivity contribution < 1.29 is 18.0 Å². The highest BCUT2D eigenvalue weighted by atomic mass is 35.5. The Hall–Kier alpha value is -3.85. The number of hydrogen-bond acceptors (Lipinski definition) is 4. The minimum atomic E-state index is -4.24. The predicted molar refractivity (Wildman–Crippen MR) is 186 cm³/mol. The molecule has 0 fully saturated rings. The van der Waals surface area contributed by atoms with Crippen LogP contribution in [0.25, 0.3) is 0 Å². The molecule has 0 aliphatic carbocycles. The van der Waals surface area contributed by atoms with E-state index >= 15 is 0 Å². The molecule has 46 heavy (non-hydrogen) atoms. The van der Waals surface area contributed by atoms with Gasteiger partial charge in [0.05, 0.1) is 10.6 Å². The highest BCUT2D eigenvalue weighted by Gasteiger charge is 2.35. The third kappa shape index (κ3) is 8.69. The van der Waals surface area contributed by atoms with E-state index in [9.17, 15) is 18.0 Å². The first-order valence-corrected chi connectivity index (χ1v) is 17.3. The van der Waals surface area contributed by atoms with Gasteiger partial charge in [-0.3, -0.25) is 13.9 Å². The van der Waals surface area contributed by atoms with E-state index in [1.54, 1.807) is 61.5 Å². The molecule has 0 heterocycles. The van der Waals surface area contributed by atoms with Gasteiger partial charge in [-0.25, -0.2) is 8.42 Å². The second kappa shape index (κ2) is 15.6. The highest BCUT2D eigenvalue weighted by molar-refractivity contribution is 7.92. The minimum absolute atomic E-state index is 0.0323. The Labute approximate surface area is 282 Å². The first-order valence-electron chi connectivity index (χ1n) is 15.1. The van der Waals surface area contributed by atoms with Crippen LogP contribution in [-0.4, -0.2) is 43.8 Å². The molecule has 2 amide bonds. The summed E-state index contributed by atoms with van der Waals surface area (Å²) in [5, 5.41) is 3.93. The van der Waals surface area contributed by atoms with E-state index in [0.717, 1.165) is 21.0 Å². The van der Waals surface area contributed by atoms with Crippen LogP contribution in [0, 0.1) is 13.8 Å². The number of aryl methyl sites for hydroxylation is 1. The van der Waals surface area contributed by atoms with Gasteiger partial charge in [0.25, 0.3) is 10.0 Å². The van der Waals surface area contributed by atoms with Crippen molar-refractivity contribution in [1.82, 2.24) is 10.2 Å². The van der Waals surface area contributed by atoms with Crippen LogP contribution in [0.3, 0.4) is 0 Å². The van der Waals surface area contributed by atoms with E-state index in [2.05, 4.69) is 5.32 Å². The monoisotopic (exact) mass is 679 g/mol. The van der Waals surface area contributed by atoms with E-state index in [4.69, 9.17) is 23.2 Å². The lowest BCUT2D eigenvalue weighted by Gasteiger charge is -2.34. The van der Waals surface area contributed by atoms with Crippen molar-refractivity contribution in [2.45, 2.75) is 64.1 Å². The second-order valence-corrected chi connectivity index (χ2v) is 14.1. The van der Waals surface area contributed by atoms with Crippen molar-refractivity contribution in [2.24, 2.45) is 0 Å². The number of sulfonamides is 1. The number of nitrogens with one attached hydrogen (secondary N) is 1. The fourth-order valence-corrected chi connectivity index (χ4v) is 6.77. The Kier molecular flexibility index (Phi) is 11.9. The van der Waals surface area contributed by atoms with Crippen molar-refractivity contribution in [3.8, 4) is 0 Å². The van der Waals surface area contributed by atoms with E-state index < -0.39 is 28.5 Å². The lowest BCUT2D eigenvalue weighted by atomic mass is 10.0. The molecule has 4 aromatic rings. The van der Waals surface area contributed by atoms with Crippen LogP contribution in [0.1, 0.15) is 42.5 Å². The molecule has 1 N–H and O–H groups in total. The van der Waals surface area contributed by atoms with Crippen molar-refractivity contribution >= 4 is 50.7 Å². The minimum Gasteiger partial charge on any atom is -0.352 e. The van der Waals surface area contributed by atoms with Gasteiger partial charge in [0.2, 0.25) is 11.8 Å². The van der Waals surface area contributed by atoms with Crippen LogP contribution in [0.4, 0.5) is 5.69 Å². The summed E-state index contributed by atoms with van der Waals surface area (Å²) in [5.74, 6) is -0.877. The number of anilines is 1. The fraction of sp³-hybridized carbons (Fsp3) is 0.278. The maximum Gasteiger partial charge on any atom is 0.264 e. The molecule has 0 aliphatic heterocycles. The van der Waals surface area contributed by atoms with Gasteiger partial charge in [0.15, 0.2) is 0 Å². The topological polar surface area (TPSA) is 86.8 Å². The molecule has 10 heteroatoms. The fourth-order valence-electron chi connectivity index (χ4n) is 5.00. The SMILES string of the molecule is CC[C@@H](C)NC(=O)[C@H](Cc1ccccc1)N(Cc1ccc(Cl)cc1)C(=O)CN(c1cccc(Cl)c1C)S(=O)(=O)c1ccc(C)cc1. The normalized spacial score (nSPS) is 12.7. The van der Waals surface area contributed by atoms with Gasteiger partial charge in [0, 0.05) is 29.1 Å². The molecule has 0 unspecified atom stereocenters. The molecule has 4 rings (SSSR count). The van der Waals surface area contributed by atoms with Crippen LogP contribution in [0.15, 0.2) is 102 Å². The average Bonchev–Trinajstić information content (AvgIpc) is 3.04. The number of rotatable bonds is 13. The Morgan fingerprint density at radius 3 is 2.11 bits per heavy atom. The number of carbonyl (C=O) groups excluding carboxylic acids is 2. The van der Waals surface area contributed by atoms with Gasteiger partial charge in [-0.15, -0.1) is 0 Å². The summed E-state index contributed by atoms with van der Waals surface area (Å²) in [7, 11) is -4.24. The molecule has 7 nitrogen and oxygen atoms in total. The van der Waals surface area contributed by atoms with Crippen LogP contribution < -0.4 is 9.62 Å². The second-order valence-electron chi connectivity index (χ2n) is 11.4. The van der Waals surface area contributed by atoms with Gasteiger partial charge >= 0.3 is 0 Å². The molecule has 0 bridgehead atoms. The average molecular weight is 681 g/mol. The van der Waals surface area contributed by atoms with Gasteiger partial charge in [-0.05, 0) is 80.3 Å². The lowest BCUT2D eigenvalue weighted by molar-refractivity contribution is -0.140. The molecule has 0 aromatic heterocycles. The molecule has 0 saturated carbocycles. The standard InChI is InChI=1S/C36H39Cl2N3O4S/c1-5-26(3)39-36(43)34(22-28-10-7-6-8-11-28)40(23-29-16-18-30(37)19-17-29)35(42)24-41(33-13-9-12-32(38)27(33)4)46(44,45)31-20-14-25(2)15-21-31/h6-21,26,34H,5,22-24H2,1-4H3,(H,39,43)/t26-,34+/m1/s1. The molecule has 0 saturated heterocycles. The quantitative estimate of drug-likeness (QED) is 0.160. The van der Waals surface area contributed by atoms with Gasteiger partial charge in [0.1, 0.15) is 12.6 Å². The maximum atomic E-state index is 14.6. The van der Waals surface area contributed by atoms with Crippen LogP contribution in [-0.2, 0) is 32.6 Å². The number of halogens is 2. The van der Waals surface area contributed by atoms with E-state index in [0.29, 0.717) is 22.0 Å². The number of amides is 2. The summed E-state index contributed by atoms with van der Waals surface area (Å²) in [4.78, 5) is 30.0. The van der Waals surface area contributed by atoms with Crippen molar-refractivity contribution in [3.63, 3.8) is 0 Å². The third-order valence-corrected chi connectivity index (χ3v) is 10.4. The number of carbonyl (C=O) groups is 2. The van der Waals surface area contributed by atoms with Crippen LogP contribution >= 0.6 is 23.2 Å². The summed E-state index contributed by atoms with van der Waals surface area (Å²) >= 11 is 12.6. The first-order chi connectivity index (χ1) is 21.9. The third-order valence-electron chi connectivity index (χ3n) is 7.93. The lowest BCUT2D eigenvalue weighted by Crippen LogP contribution is -2.54. The summed E-state index contributed by atoms with van der Waals surface area (Å²) < 4.78 is 29.6. The molecule has 0 aliphatic rings. The molecule has 0 spiro atoms. The zero-order valence-corrected chi connectivity index (χ0v) is 28.7. The number of hydrogen-bond donors (Lipinski definition) is 1. The zero-order chi connectivity index (χ0) is 33.4. The van der Waals surface area contributed by atoms with Gasteiger partial charge in [-0.2, -0.15) is 0 Å². The predicted octanol–water partition coefficient (Wildman–Crippen LogP) is 7.36. The summed E-state index contributed by atoms with van der Waals surface area (Å²) in [6, 6.07) is 26.8. The van der Waals surface area contributed by atoms with Gasteiger partial charge < -0.3 is 10.2 Å². The summed E-state index contributed by atoms with van der Waals surface area (Å²) in [6.45, 7) is 6.94. The van der Waals surface area contributed by atoms with E-state index in [1.807, 2.05) is 51.1 Å². The molecule has 4 aromatic carbocycles. The Balaban J connectivity index is 1.83. The van der Waals surface area contributed by atoms with Crippen molar-refractivity contribution in [1.29, 1.82) is 0 Å². The van der Waals surface area contributed by atoms with Crippen molar-refractivity contribution in [3.05, 3.63) is 129 Å². The van der Waals surface area contributed by atoms with Crippen LogP contribution in [0.5, 0.6) is 0 Å². The van der Waals surface area contributed by atoms with Crippen LogP contribution in [0.2, 0.25) is 10.0 Å². The number of nitrogens with zero attached hydrogens (tertiary/aromatic N) is 2. The molecule has 2 atom stereocenters. The number of benzene rings is 4. The van der Waals surface area contributed by atoms with Crippen molar-refractivity contribution in [2.75, 3.05) is 10.8 Å². The molecule has 242 valence electrons. The maximum absolute atomic E-state index is 14.6. The van der Waals surface area contributed by atoms with E-state index in [1.165, 1.54) is 17.0 Å². The first kappa shape index (κ1) is 35.0. The molecule has 0 radical (unpaired) electrons. The summed E-state index contributed by atoms with van der Waals surface area (Å²) in [6.07, 6.45) is 0.925. The highest BCUT2D eigenvalue weighted by Crippen LogP contribution is 2.31. The van der Waals surface area contributed by atoms with E-state index in [-0.39, 0.29) is 35.5 Å². The largest absolute Gasteiger partial charge is 0.352 e. The zero-order valence-electron chi connectivity index (χ0n) is 26.4. The Morgan fingerprint density at radius 1 is 0.826 bits per heavy atom. The molecular formula is C36H39Cl2N3O4S. The summed E-state index contributed by atoms with van der Waals surface area (Å²) in [5.41, 5.74) is 3.27. The van der Waals surface area contributed by atoms with Gasteiger partial charge in [-0.1, -0.05) is 96.4 Å². The smallest absolute Gasteiger partial charge is 0.264 e. The Bertz CT molecular complexity index is 1750. The molecular weight excluding hydrogens is 641 g/mol.